The summed E-state index contributed by atoms with van der Waals surface area (Å²) in [6, 6.07) is 29.7. The number of primary amides is 1. The summed E-state index contributed by atoms with van der Waals surface area (Å²) in [5.74, 6) is -0.141. The van der Waals surface area contributed by atoms with E-state index in [0.29, 0.717) is 30.0 Å². The molecule has 0 saturated heterocycles. The maximum atomic E-state index is 11.7. The van der Waals surface area contributed by atoms with Crippen molar-refractivity contribution in [2.24, 2.45) is 5.73 Å². The smallest absolute Gasteiger partial charge is 0.221 e. The van der Waals surface area contributed by atoms with Gasteiger partial charge in [-0.1, -0.05) is 85.7 Å². The minimum Gasteiger partial charge on any atom is -0.504 e. The highest BCUT2D eigenvalue weighted by Gasteiger charge is 2.07. The van der Waals surface area contributed by atoms with E-state index in [1.807, 2.05) is 113 Å². The predicted octanol–water partition coefficient (Wildman–Crippen LogP) is 11.7. The van der Waals surface area contributed by atoms with Gasteiger partial charge in [-0.2, -0.15) is 0 Å². The lowest BCUT2D eigenvalue weighted by Gasteiger charge is -2.07. The molecule has 0 unspecified atom stereocenters. The number of thiophene rings is 1. The van der Waals surface area contributed by atoms with Crippen LogP contribution in [-0.4, -0.2) is 53.4 Å². The van der Waals surface area contributed by atoms with Crippen LogP contribution in [0.1, 0.15) is 106 Å². The summed E-state index contributed by atoms with van der Waals surface area (Å²) in [5, 5.41) is 20.4. The average molecular weight is 850 g/mol. The average Bonchev–Trinajstić information content (AvgIpc) is 3.55. The minimum absolute atomic E-state index is 0. The summed E-state index contributed by atoms with van der Waals surface area (Å²) in [5.41, 5.74) is 23.5. The van der Waals surface area contributed by atoms with Crippen molar-refractivity contribution < 1.29 is 24.6 Å². The molecule has 0 atom stereocenters. The second-order valence-electron chi connectivity index (χ2n) is 13.3. The maximum absolute atomic E-state index is 11.7. The number of nitrogens with two attached hydrogens (primary N) is 3. The molecule has 0 fully saturated rings. The van der Waals surface area contributed by atoms with Crippen molar-refractivity contribution in [3.8, 4) is 11.5 Å². The van der Waals surface area contributed by atoms with Crippen LogP contribution >= 0.6 is 11.3 Å². The second-order valence-corrected chi connectivity index (χ2v) is 14.6. The second kappa shape index (κ2) is 34.2. The molecule has 0 bridgehead atoms. The predicted molar refractivity (Wildman–Crippen MR) is 264 cm³/mol. The van der Waals surface area contributed by atoms with E-state index in [9.17, 15) is 14.4 Å². The summed E-state index contributed by atoms with van der Waals surface area (Å²) in [6.45, 7) is 12.4. The topological polar surface area (TPSA) is 185 Å². The summed E-state index contributed by atoms with van der Waals surface area (Å²) >= 11 is 1.60. The Morgan fingerprint density at radius 1 is 0.667 bits per heavy atom. The standard InChI is InChI=1S/C12H19NOS.2C9H11NO.C7H10N2.C7H8O2.5CH4/c1-10-7-8-12(15-10)11(14)6-4-5-9-13(2)3;1-7-4-3-5-9(6-7)10-8(2)11;1-7-4-2-3-5-8(7)6-9(10)11;2*1-5-2-3-6(8)7(9)4-5;;;;;/h7-8H,4-6,9H2,1-3H3;3-6H,1-2H3,(H,10,11);2-5H,6H2,1H3,(H2,10,11);2-4H,8-9H2,1H3;2-4,8-9H,1H3;5*1H4. The van der Waals surface area contributed by atoms with E-state index in [1.165, 1.54) is 23.9 Å². The number of hydrogen-bond donors (Lipinski definition) is 6. The monoisotopic (exact) mass is 850 g/mol. The fourth-order valence-electron chi connectivity index (χ4n) is 4.67. The number of unbranched alkanes of at least 4 members (excludes halogenated alkanes) is 1. The van der Waals surface area contributed by atoms with Crippen LogP contribution in [0.15, 0.2) is 97.1 Å². The molecule has 0 aliphatic heterocycles. The number of phenolic OH excluding ortho intramolecular Hbond substituents is 2. The first kappa shape index (κ1) is 63.5. The summed E-state index contributed by atoms with van der Waals surface area (Å²) in [7, 11) is 4.12. The van der Waals surface area contributed by atoms with E-state index in [-0.39, 0.29) is 60.4 Å². The van der Waals surface area contributed by atoms with Crippen molar-refractivity contribution in [1.29, 1.82) is 0 Å². The molecule has 10 nitrogen and oxygen atoms in total. The van der Waals surface area contributed by atoms with Gasteiger partial charge >= 0.3 is 0 Å². The summed E-state index contributed by atoms with van der Waals surface area (Å²) in [4.78, 5) is 37.1. The van der Waals surface area contributed by atoms with Gasteiger partial charge in [0.05, 0.1) is 22.7 Å². The Morgan fingerprint density at radius 3 is 1.72 bits per heavy atom. The number of Topliss-reactive ketones (excluding diaryl/α,β-unsaturated/α-hetero) is 1. The van der Waals surface area contributed by atoms with Crippen molar-refractivity contribution in [2.75, 3.05) is 37.4 Å². The van der Waals surface area contributed by atoms with Gasteiger partial charge in [-0.3, -0.25) is 14.4 Å². The Hall–Kier alpha value is -5.65. The zero-order valence-corrected chi connectivity index (χ0v) is 34.3. The molecule has 1 aromatic heterocycles. The lowest BCUT2D eigenvalue weighted by atomic mass is 10.1. The van der Waals surface area contributed by atoms with Gasteiger partial charge in [0, 0.05) is 23.9 Å². The number of aromatic hydroxyl groups is 2. The van der Waals surface area contributed by atoms with Crippen LogP contribution in [-0.2, 0) is 16.0 Å². The third-order valence-electron chi connectivity index (χ3n) is 7.61. The number of aryl methyl sites for hydroxylation is 5. The van der Waals surface area contributed by atoms with Crippen LogP contribution in [0.5, 0.6) is 11.5 Å². The third-order valence-corrected chi connectivity index (χ3v) is 8.65. The number of carbonyl (C=O) groups is 3. The zero-order chi connectivity index (χ0) is 41.5. The molecular weight excluding hydrogens is 771 g/mol. The number of benzene rings is 4. The van der Waals surface area contributed by atoms with Gasteiger partial charge in [0.15, 0.2) is 17.3 Å². The van der Waals surface area contributed by atoms with E-state index in [4.69, 9.17) is 27.4 Å². The largest absolute Gasteiger partial charge is 0.504 e. The van der Waals surface area contributed by atoms with Crippen LogP contribution in [0.3, 0.4) is 0 Å². The molecule has 9 N–H and O–H groups in total. The fourth-order valence-corrected chi connectivity index (χ4v) is 5.51. The van der Waals surface area contributed by atoms with Crippen molar-refractivity contribution in [3.63, 3.8) is 0 Å². The molecule has 1 heterocycles. The van der Waals surface area contributed by atoms with Crippen molar-refractivity contribution in [1.82, 2.24) is 4.90 Å². The van der Waals surface area contributed by atoms with Crippen LogP contribution in [0.4, 0.5) is 17.1 Å². The van der Waals surface area contributed by atoms with E-state index < -0.39 is 0 Å². The van der Waals surface area contributed by atoms with Crippen LogP contribution < -0.4 is 22.5 Å². The molecule has 0 aliphatic carbocycles. The molecule has 5 rings (SSSR count). The molecule has 11 heteroatoms. The number of nitrogens with zero attached hydrogens (tertiary/aromatic N) is 1. The highest BCUT2D eigenvalue weighted by atomic mass is 32.1. The quantitative estimate of drug-likeness (QED) is 0.0366. The van der Waals surface area contributed by atoms with Gasteiger partial charge in [0.25, 0.3) is 0 Å². The number of phenols is 2. The Balaban J connectivity index is -0.000000208. The van der Waals surface area contributed by atoms with Gasteiger partial charge < -0.3 is 37.6 Å². The number of amides is 2. The number of carbonyl (C=O) groups excluding carboxylic acids is 3. The Bertz CT molecular complexity index is 1890. The van der Waals surface area contributed by atoms with Gasteiger partial charge in [0.1, 0.15) is 0 Å². The highest BCUT2D eigenvalue weighted by Crippen LogP contribution is 2.24. The van der Waals surface area contributed by atoms with Gasteiger partial charge in [0.2, 0.25) is 11.8 Å². The van der Waals surface area contributed by atoms with Crippen LogP contribution in [0, 0.1) is 34.6 Å². The van der Waals surface area contributed by atoms with Crippen molar-refractivity contribution >= 4 is 46.0 Å². The van der Waals surface area contributed by atoms with Crippen LogP contribution in [0.2, 0.25) is 0 Å². The molecule has 60 heavy (non-hydrogen) atoms. The van der Waals surface area contributed by atoms with E-state index in [1.54, 1.807) is 17.4 Å². The molecule has 5 aromatic rings. The van der Waals surface area contributed by atoms with Gasteiger partial charge in [-0.15, -0.1) is 11.3 Å². The summed E-state index contributed by atoms with van der Waals surface area (Å²) < 4.78 is 0. The molecular formula is C49H79N5O5S. The van der Waals surface area contributed by atoms with Crippen LogP contribution in [0.25, 0.3) is 0 Å². The molecule has 4 aromatic carbocycles. The first-order valence-electron chi connectivity index (χ1n) is 17.9. The fraction of sp³-hybridized carbons (Fsp3) is 0.367. The molecule has 0 radical (unpaired) electrons. The molecule has 336 valence electrons. The van der Waals surface area contributed by atoms with E-state index >= 15 is 0 Å². The van der Waals surface area contributed by atoms with Crippen molar-refractivity contribution in [2.45, 2.75) is 104 Å². The SMILES string of the molecule is C.C.C.C.C.CC(=O)Nc1cccc(C)c1.Cc1ccc(C(=O)CCCCN(C)C)s1.Cc1ccc(N)c(N)c1.Cc1ccc(O)c(O)c1.Cc1ccccc1CC(N)=O. The normalized spacial score (nSPS) is 9.02. The van der Waals surface area contributed by atoms with E-state index in [0.717, 1.165) is 57.8 Å². The third kappa shape index (κ3) is 28.7. The molecule has 0 aliphatic rings. The Labute approximate surface area is 367 Å². The number of rotatable bonds is 9. The first-order valence-corrected chi connectivity index (χ1v) is 18.7. The Morgan fingerprint density at radius 2 is 1.25 bits per heavy atom. The highest BCUT2D eigenvalue weighted by molar-refractivity contribution is 7.14. The first-order chi connectivity index (χ1) is 25.9. The molecule has 2 amide bonds. The van der Waals surface area contributed by atoms with Crippen molar-refractivity contribution in [3.05, 3.63) is 135 Å². The lowest BCUT2D eigenvalue weighted by Crippen LogP contribution is -2.14. The van der Waals surface area contributed by atoms with Gasteiger partial charge in [-0.25, -0.2) is 0 Å². The number of ketones is 1. The number of nitrogen functional groups attached to an aromatic ring is 2. The summed E-state index contributed by atoms with van der Waals surface area (Å²) in [6.07, 6.45) is 3.12. The Kier molecular flexibility index (Phi) is 36.2. The minimum atomic E-state index is -0.278. The zero-order valence-electron chi connectivity index (χ0n) is 33.5. The maximum Gasteiger partial charge on any atom is 0.221 e. The van der Waals surface area contributed by atoms with E-state index in [2.05, 4.69) is 24.3 Å². The van der Waals surface area contributed by atoms with Gasteiger partial charge in [-0.05, 0) is 144 Å². The molecule has 0 saturated carbocycles. The number of anilines is 3. The number of nitrogens with one attached hydrogen (secondary N) is 1. The lowest BCUT2D eigenvalue weighted by molar-refractivity contribution is -0.117. The number of hydrogen-bond acceptors (Lipinski definition) is 9. The molecule has 0 spiro atoms.